The van der Waals surface area contributed by atoms with Gasteiger partial charge in [0.05, 0.1) is 0 Å². The van der Waals surface area contributed by atoms with Crippen molar-refractivity contribution in [3.8, 4) is 0 Å². The van der Waals surface area contributed by atoms with Gasteiger partial charge < -0.3 is 10.6 Å². The fourth-order valence-corrected chi connectivity index (χ4v) is 1.84. The lowest BCUT2D eigenvalue weighted by molar-refractivity contribution is 0.579. The average Bonchev–Trinajstić information content (AvgIpc) is 2.23. The fraction of sp³-hybridized carbons (Fsp3) is 0.462. The van der Waals surface area contributed by atoms with Gasteiger partial charge in [-0.3, -0.25) is 0 Å². The van der Waals surface area contributed by atoms with Crippen LogP contribution in [-0.2, 0) is 0 Å². The molecule has 0 radical (unpaired) electrons. The third kappa shape index (κ3) is 5.50. The van der Waals surface area contributed by atoms with Crippen LogP contribution in [0, 0.1) is 12.8 Å². The zero-order valence-electron chi connectivity index (χ0n) is 10.5. The van der Waals surface area contributed by atoms with Crippen molar-refractivity contribution in [1.82, 2.24) is 5.32 Å². The number of anilines is 1. The molecule has 1 aromatic carbocycles. The van der Waals surface area contributed by atoms with E-state index in [1.54, 1.807) is 0 Å². The molecule has 0 aliphatic heterocycles. The van der Waals surface area contributed by atoms with Crippen LogP contribution in [0.25, 0.3) is 0 Å². The summed E-state index contributed by atoms with van der Waals surface area (Å²) in [4.78, 5) is 0. The molecule has 0 aliphatic rings. The Morgan fingerprint density at radius 1 is 1.41 bits per heavy atom. The van der Waals surface area contributed by atoms with E-state index < -0.39 is 0 Å². The van der Waals surface area contributed by atoms with Crippen molar-refractivity contribution in [2.45, 2.75) is 27.2 Å². The second-order valence-corrected chi connectivity index (χ2v) is 5.79. The van der Waals surface area contributed by atoms with E-state index in [0.717, 1.165) is 23.1 Å². The molecule has 0 spiro atoms. The van der Waals surface area contributed by atoms with Crippen molar-refractivity contribution in [3.05, 3.63) is 28.2 Å². The number of halogens is 1. The summed E-state index contributed by atoms with van der Waals surface area (Å²) >= 11 is 8.71. The fourth-order valence-electron chi connectivity index (χ4n) is 1.37. The quantitative estimate of drug-likeness (QED) is 0.818. The molecule has 0 amide bonds. The summed E-state index contributed by atoms with van der Waals surface area (Å²) in [6.45, 7) is 7.38. The molecule has 0 saturated carbocycles. The van der Waals surface area contributed by atoms with Crippen molar-refractivity contribution in [1.29, 1.82) is 0 Å². The number of rotatable bonds is 4. The van der Waals surface area contributed by atoms with Crippen LogP contribution in [0.3, 0.4) is 0 Å². The smallest absolute Gasteiger partial charge is 0.170 e. The number of aryl methyl sites for hydroxylation is 1. The first-order valence-electron chi connectivity index (χ1n) is 5.80. The SMILES string of the molecule is Cc1cc(NC(=S)NCCC(C)C)ccc1Br. The summed E-state index contributed by atoms with van der Waals surface area (Å²) in [6.07, 6.45) is 1.13. The first-order valence-corrected chi connectivity index (χ1v) is 7.00. The summed E-state index contributed by atoms with van der Waals surface area (Å²) in [7, 11) is 0. The maximum absolute atomic E-state index is 5.23. The van der Waals surface area contributed by atoms with Gasteiger partial charge in [0.25, 0.3) is 0 Å². The van der Waals surface area contributed by atoms with Crippen LogP contribution in [0.4, 0.5) is 5.69 Å². The Morgan fingerprint density at radius 2 is 2.12 bits per heavy atom. The molecule has 94 valence electrons. The summed E-state index contributed by atoms with van der Waals surface area (Å²) in [5.41, 5.74) is 2.22. The van der Waals surface area contributed by atoms with Gasteiger partial charge in [0, 0.05) is 16.7 Å². The molecule has 1 rings (SSSR count). The van der Waals surface area contributed by atoms with E-state index in [-0.39, 0.29) is 0 Å². The maximum Gasteiger partial charge on any atom is 0.170 e. The Bertz CT molecular complexity index is 391. The molecular weight excluding hydrogens is 296 g/mol. The first kappa shape index (κ1) is 14.5. The van der Waals surface area contributed by atoms with Crippen LogP contribution in [-0.4, -0.2) is 11.7 Å². The minimum absolute atomic E-state index is 0.687. The van der Waals surface area contributed by atoms with E-state index in [9.17, 15) is 0 Å². The number of thiocarbonyl (C=S) groups is 1. The largest absolute Gasteiger partial charge is 0.362 e. The molecule has 0 heterocycles. The normalized spacial score (nSPS) is 10.4. The first-order chi connectivity index (χ1) is 7.99. The van der Waals surface area contributed by atoms with E-state index in [4.69, 9.17) is 12.2 Å². The number of hydrogen-bond donors (Lipinski definition) is 2. The van der Waals surface area contributed by atoms with Gasteiger partial charge in [0.1, 0.15) is 0 Å². The molecule has 17 heavy (non-hydrogen) atoms. The average molecular weight is 315 g/mol. The number of benzene rings is 1. The summed E-state index contributed by atoms with van der Waals surface area (Å²) in [5, 5.41) is 7.08. The standard InChI is InChI=1S/C13H19BrN2S/c1-9(2)6-7-15-13(17)16-11-4-5-12(14)10(3)8-11/h4-5,8-9H,6-7H2,1-3H3,(H2,15,16,17). The van der Waals surface area contributed by atoms with E-state index >= 15 is 0 Å². The highest BCUT2D eigenvalue weighted by atomic mass is 79.9. The Morgan fingerprint density at radius 3 is 2.71 bits per heavy atom. The van der Waals surface area contributed by atoms with E-state index in [0.29, 0.717) is 11.0 Å². The number of hydrogen-bond acceptors (Lipinski definition) is 1. The van der Waals surface area contributed by atoms with Gasteiger partial charge in [-0.2, -0.15) is 0 Å². The lowest BCUT2D eigenvalue weighted by Crippen LogP contribution is -2.29. The second kappa shape index (κ2) is 6.97. The molecule has 0 saturated heterocycles. The molecule has 4 heteroatoms. The second-order valence-electron chi connectivity index (χ2n) is 4.53. The van der Waals surface area contributed by atoms with E-state index in [2.05, 4.69) is 53.4 Å². The van der Waals surface area contributed by atoms with Crippen molar-refractivity contribution < 1.29 is 0 Å². The van der Waals surface area contributed by atoms with Crippen LogP contribution in [0.5, 0.6) is 0 Å². The van der Waals surface area contributed by atoms with E-state index in [1.807, 2.05) is 12.1 Å². The molecule has 0 aromatic heterocycles. The van der Waals surface area contributed by atoms with Crippen LogP contribution in [0.15, 0.2) is 22.7 Å². The van der Waals surface area contributed by atoms with Crippen LogP contribution < -0.4 is 10.6 Å². The van der Waals surface area contributed by atoms with Crippen LogP contribution >= 0.6 is 28.1 Å². The molecule has 0 unspecified atom stereocenters. The summed E-state index contributed by atoms with van der Waals surface area (Å²) in [5.74, 6) is 0.695. The third-order valence-electron chi connectivity index (χ3n) is 2.42. The Hall–Kier alpha value is -0.610. The van der Waals surface area contributed by atoms with Crippen molar-refractivity contribution in [2.24, 2.45) is 5.92 Å². The molecule has 2 nitrogen and oxygen atoms in total. The molecular formula is C13H19BrN2S. The van der Waals surface area contributed by atoms with Crippen molar-refractivity contribution >= 4 is 38.9 Å². The van der Waals surface area contributed by atoms with Crippen LogP contribution in [0.1, 0.15) is 25.8 Å². The minimum atomic E-state index is 0.687. The Balaban J connectivity index is 2.42. The molecule has 0 bridgehead atoms. The summed E-state index contributed by atoms with van der Waals surface area (Å²) < 4.78 is 1.11. The van der Waals surface area contributed by atoms with Gasteiger partial charge in [0.2, 0.25) is 0 Å². The molecule has 0 fully saturated rings. The number of nitrogens with one attached hydrogen (secondary N) is 2. The highest BCUT2D eigenvalue weighted by molar-refractivity contribution is 9.10. The minimum Gasteiger partial charge on any atom is -0.362 e. The van der Waals surface area contributed by atoms with Gasteiger partial charge in [-0.25, -0.2) is 0 Å². The van der Waals surface area contributed by atoms with Gasteiger partial charge in [-0.1, -0.05) is 29.8 Å². The van der Waals surface area contributed by atoms with Gasteiger partial charge in [-0.05, 0) is 55.2 Å². The van der Waals surface area contributed by atoms with Crippen LogP contribution in [0.2, 0.25) is 0 Å². The zero-order chi connectivity index (χ0) is 12.8. The summed E-state index contributed by atoms with van der Waals surface area (Å²) in [6, 6.07) is 6.10. The molecule has 0 aliphatic carbocycles. The van der Waals surface area contributed by atoms with Gasteiger partial charge in [0.15, 0.2) is 5.11 Å². The monoisotopic (exact) mass is 314 g/mol. The molecule has 2 N–H and O–H groups in total. The molecule has 1 aromatic rings. The zero-order valence-corrected chi connectivity index (χ0v) is 12.9. The predicted molar refractivity (Wildman–Crippen MR) is 82.6 cm³/mol. The van der Waals surface area contributed by atoms with Crippen molar-refractivity contribution in [2.75, 3.05) is 11.9 Å². The van der Waals surface area contributed by atoms with Gasteiger partial charge in [-0.15, -0.1) is 0 Å². The maximum atomic E-state index is 5.23. The van der Waals surface area contributed by atoms with E-state index in [1.165, 1.54) is 5.56 Å². The lowest BCUT2D eigenvalue weighted by Gasteiger charge is -2.12. The topological polar surface area (TPSA) is 24.1 Å². The highest BCUT2D eigenvalue weighted by Gasteiger charge is 2.00. The highest BCUT2D eigenvalue weighted by Crippen LogP contribution is 2.19. The third-order valence-corrected chi connectivity index (χ3v) is 3.56. The van der Waals surface area contributed by atoms with Crippen molar-refractivity contribution in [3.63, 3.8) is 0 Å². The van der Waals surface area contributed by atoms with Gasteiger partial charge >= 0.3 is 0 Å². The molecule has 0 atom stereocenters. The predicted octanol–water partition coefficient (Wildman–Crippen LogP) is 4.09. The lowest BCUT2D eigenvalue weighted by atomic mass is 10.1. The Kier molecular flexibility index (Phi) is 5.92. The Labute approximate surface area is 117 Å².